The van der Waals surface area contributed by atoms with Gasteiger partial charge >= 0.3 is 0 Å². The number of hydrogen-bond donors (Lipinski definition) is 2. The van der Waals surface area contributed by atoms with Crippen LogP contribution in [-0.4, -0.2) is 25.3 Å². The SMILES string of the molecule is CC(NCC(C)(C)N)c1ccc2c(c1)OCCO2. The van der Waals surface area contributed by atoms with Gasteiger partial charge in [-0.25, -0.2) is 0 Å². The van der Waals surface area contributed by atoms with Gasteiger partial charge in [0.15, 0.2) is 11.5 Å². The van der Waals surface area contributed by atoms with Gasteiger partial charge in [-0.15, -0.1) is 0 Å². The van der Waals surface area contributed by atoms with Crippen LogP contribution in [0.3, 0.4) is 0 Å². The molecule has 18 heavy (non-hydrogen) atoms. The van der Waals surface area contributed by atoms with E-state index in [-0.39, 0.29) is 11.6 Å². The van der Waals surface area contributed by atoms with Crippen LogP contribution in [0.1, 0.15) is 32.4 Å². The highest BCUT2D eigenvalue weighted by Crippen LogP contribution is 2.32. The van der Waals surface area contributed by atoms with Gasteiger partial charge in [0.05, 0.1) is 0 Å². The first kappa shape index (κ1) is 13.2. The molecule has 0 aromatic heterocycles. The molecule has 100 valence electrons. The lowest BCUT2D eigenvalue weighted by Gasteiger charge is -2.24. The third-order valence-electron chi connectivity index (χ3n) is 2.93. The Kier molecular flexibility index (Phi) is 3.78. The predicted octanol–water partition coefficient (Wildman–Crippen LogP) is 1.85. The highest BCUT2D eigenvalue weighted by molar-refractivity contribution is 5.44. The molecule has 0 bridgehead atoms. The molecule has 1 heterocycles. The molecule has 1 aliphatic heterocycles. The summed E-state index contributed by atoms with van der Waals surface area (Å²) in [6, 6.07) is 6.31. The summed E-state index contributed by atoms with van der Waals surface area (Å²) in [6.45, 7) is 8.16. The molecule has 1 atom stereocenters. The van der Waals surface area contributed by atoms with Gasteiger partial charge in [-0.1, -0.05) is 6.07 Å². The molecule has 1 aliphatic rings. The van der Waals surface area contributed by atoms with Crippen molar-refractivity contribution in [2.45, 2.75) is 32.4 Å². The summed E-state index contributed by atoms with van der Waals surface area (Å²) < 4.78 is 11.1. The summed E-state index contributed by atoms with van der Waals surface area (Å²) >= 11 is 0. The monoisotopic (exact) mass is 250 g/mol. The Labute approximate surface area is 108 Å². The fourth-order valence-electron chi connectivity index (χ4n) is 1.86. The fraction of sp³-hybridized carbons (Fsp3) is 0.571. The van der Waals surface area contributed by atoms with Crippen LogP contribution < -0.4 is 20.5 Å². The lowest BCUT2D eigenvalue weighted by Crippen LogP contribution is -2.43. The minimum atomic E-state index is -0.206. The summed E-state index contributed by atoms with van der Waals surface area (Å²) in [5.41, 5.74) is 6.94. The highest BCUT2D eigenvalue weighted by Gasteiger charge is 2.16. The molecule has 0 aliphatic carbocycles. The van der Waals surface area contributed by atoms with E-state index >= 15 is 0 Å². The molecule has 1 unspecified atom stereocenters. The molecule has 3 N–H and O–H groups in total. The van der Waals surface area contributed by atoms with E-state index in [2.05, 4.69) is 18.3 Å². The maximum atomic E-state index is 5.97. The van der Waals surface area contributed by atoms with Gasteiger partial charge in [-0.05, 0) is 38.5 Å². The molecule has 1 aromatic carbocycles. The standard InChI is InChI=1S/C14H22N2O2/c1-10(16-9-14(2,3)15)11-4-5-12-13(8-11)18-7-6-17-12/h4-5,8,10,16H,6-7,9,15H2,1-3H3. The Hall–Kier alpha value is -1.26. The lowest BCUT2D eigenvalue weighted by atomic mass is 10.0. The van der Waals surface area contributed by atoms with Crippen molar-refractivity contribution in [3.8, 4) is 11.5 Å². The van der Waals surface area contributed by atoms with Crippen molar-refractivity contribution < 1.29 is 9.47 Å². The smallest absolute Gasteiger partial charge is 0.161 e. The largest absolute Gasteiger partial charge is 0.486 e. The van der Waals surface area contributed by atoms with Crippen molar-refractivity contribution in [3.63, 3.8) is 0 Å². The average molecular weight is 250 g/mol. The second kappa shape index (κ2) is 5.16. The fourth-order valence-corrected chi connectivity index (χ4v) is 1.86. The summed E-state index contributed by atoms with van der Waals surface area (Å²) in [7, 11) is 0. The molecular formula is C14H22N2O2. The van der Waals surface area contributed by atoms with Crippen LogP contribution in [0, 0.1) is 0 Å². The molecule has 0 saturated carbocycles. The minimum absolute atomic E-state index is 0.206. The predicted molar refractivity (Wildman–Crippen MR) is 72.1 cm³/mol. The normalized spacial score (nSPS) is 16.4. The van der Waals surface area contributed by atoms with Gasteiger partial charge in [0, 0.05) is 18.1 Å². The maximum Gasteiger partial charge on any atom is 0.161 e. The van der Waals surface area contributed by atoms with Crippen molar-refractivity contribution in [1.29, 1.82) is 0 Å². The Balaban J connectivity index is 2.04. The van der Waals surface area contributed by atoms with Crippen molar-refractivity contribution in [3.05, 3.63) is 23.8 Å². The van der Waals surface area contributed by atoms with E-state index < -0.39 is 0 Å². The number of nitrogens with two attached hydrogens (primary N) is 1. The maximum absolute atomic E-state index is 5.97. The van der Waals surface area contributed by atoms with Crippen molar-refractivity contribution >= 4 is 0 Å². The Morgan fingerprint density at radius 1 is 1.28 bits per heavy atom. The molecule has 0 fully saturated rings. The van der Waals surface area contributed by atoms with Crippen LogP contribution in [0.5, 0.6) is 11.5 Å². The highest BCUT2D eigenvalue weighted by atomic mass is 16.6. The zero-order valence-corrected chi connectivity index (χ0v) is 11.3. The molecule has 4 nitrogen and oxygen atoms in total. The Morgan fingerprint density at radius 3 is 2.61 bits per heavy atom. The van der Waals surface area contributed by atoms with Gasteiger partial charge in [-0.3, -0.25) is 0 Å². The topological polar surface area (TPSA) is 56.5 Å². The van der Waals surface area contributed by atoms with Crippen LogP contribution >= 0.6 is 0 Å². The van der Waals surface area contributed by atoms with Crippen molar-refractivity contribution in [1.82, 2.24) is 5.32 Å². The van der Waals surface area contributed by atoms with E-state index in [0.29, 0.717) is 13.2 Å². The lowest BCUT2D eigenvalue weighted by molar-refractivity contribution is 0.171. The third kappa shape index (κ3) is 3.37. The minimum Gasteiger partial charge on any atom is -0.486 e. The number of rotatable bonds is 4. The van der Waals surface area contributed by atoms with Gasteiger partial charge < -0.3 is 20.5 Å². The summed E-state index contributed by atoms with van der Waals surface area (Å²) in [5, 5.41) is 3.42. The van der Waals surface area contributed by atoms with Crippen molar-refractivity contribution in [2.75, 3.05) is 19.8 Å². The number of benzene rings is 1. The molecule has 2 rings (SSSR count). The first-order valence-corrected chi connectivity index (χ1v) is 6.37. The van der Waals surface area contributed by atoms with E-state index in [0.717, 1.165) is 18.0 Å². The molecule has 0 saturated heterocycles. The zero-order valence-electron chi connectivity index (χ0n) is 11.3. The Bertz CT molecular complexity index is 413. The van der Waals surface area contributed by atoms with Gasteiger partial charge in [0.1, 0.15) is 13.2 Å². The molecule has 1 aromatic rings. The van der Waals surface area contributed by atoms with E-state index in [4.69, 9.17) is 15.2 Å². The molecule has 0 amide bonds. The van der Waals surface area contributed by atoms with E-state index in [9.17, 15) is 0 Å². The molecule has 0 radical (unpaired) electrons. The number of nitrogens with one attached hydrogen (secondary N) is 1. The summed E-state index contributed by atoms with van der Waals surface area (Å²) in [6.07, 6.45) is 0. The summed E-state index contributed by atoms with van der Waals surface area (Å²) in [5.74, 6) is 1.66. The Morgan fingerprint density at radius 2 is 1.94 bits per heavy atom. The van der Waals surface area contributed by atoms with Crippen LogP contribution in [0.15, 0.2) is 18.2 Å². The van der Waals surface area contributed by atoms with Crippen LogP contribution in [0.2, 0.25) is 0 Å². The number of ether oxygens (including phenoxy) is 2. The van der Waals surface area contributed by atoms with E-state index in [1.54, 1.807) is 0 Å². The first-order valence-electron chi connectivity index (χ1n) is 6.37. The second-order valence-corrected chi connectivity index (χ2v) is 5.49. The molecular weight excluding hydrogens is 228 g/mol. The summed E-state index contributed by atoms with van der Waals surface area (Å²) in [4.78, 5) is 0. The second-order valence-electron chi connectivity index (χ2n) is 5.49. The molecule has 4 heteroatoms. The molecule has 0 spiro atoms. The van der Waals surface area contributed by atoms with Crippen LogP contribution in [0.25, 0.3) is 0 Å². The van der Waals surface area contributed by atoms with Gasteiger partial charge in [0.25, 0.3) is 0 Å². The van der Waals surface area contributed by atoms with E-state index in [1.807, 2.05) is 26.0 Å². The van der Waals surface area contributed by atoms with Gasteiger partial charge in [0.2, 0.25) is 0 Å². The van der Waals surface area contributed by atoms with Gasteiger partial charge in [-0.2, -0.15) is 0 Å². The van der Waals surface area contributed by atoms with Crippen LogP contribution in [-0.2, 0) is 0 Å². The zero-order chi connectivity index (χ0) is 13.2. The average Bonchev–Trinajstić information content (AvgIpc) is 2.34. The van der Waals surface area contributed by atoms with Crippen LogP contribution in [0.4, 0.5) is 0 Å². The van der Waals surface area contributed by atoms with Crippen molar-refractivity contribution in [2.24, 2.45) is 5.73 Å². The number of hydrogen-bond acceptors (Lipinski definition) is 4. The quantitative estimate of drug-likeness (QED) is 0.856. The van der Waals surface area contributed by atoms with E-state index in [1.165, 1.54) is 5.56 Å². The first-order chi connectivity index (χ1) is 8.46. The third-order valence-corrected chi connectivity index (χ3v) is 2.93. The number of fused-ring (bicyclic) bond motifs is 1.